The summed E-state index contributed by atoms with van der Waals surface area (Å²) in [5.41, 5.74) is -1.62. The molecule has 0 radical (unpaired) electrons. The van der Waals surface area contributed by atoms with Gasteiger partial charge >= 0.3 is 5.69 Å². The summed E-state index contributed by atoms with van der Waals surface area (Å²) in [5.74, 6) is 0. The van der Waals surface area contributed by atoms with Gasteiger partial charge < -0.3 is 14.9 Å². The predicted octanol–water partition coefficient (Wildman–Crippen LogP) is -2.01. The Morgan fingerprint density at radius 3 is 2.83 bits per heavy atom. The van der Waals surface area contributed by atoms with Crippen LogP contribution in [-0.2, 0) is 4.74 Å². The largest absolute Gasteiger partial charge is 0.394 e. The quantitative estimate of drug-likeness (QED) is 0.537. The molecule has 1 saturated heterocycles. The van der Waals surface area contributed by atoms with Crippen LogP contribution in [0.5, 0.6) is 0 Å². The number of aliphatic hydroxyl groups excluding tert-OH is 2. The monoisotopic (exact) mass is 256 g/mol. The number of rotatable bonds is 3. The Hall–Kier alpha value is -1.77. The van der Waals surface area contributed by atoms with Crippen LogP contribution in [0.1, 0.15) is 23.1 Å². The zero-order valence-electron chi connectivity index (χ0n) is 9.28. The van der Waals surface area contributed by atoms with Gasteiger partial charge in [0.15, 0.2) is 6.29 Å². The summed E-state index contributed by atoms with van der Waals surface area (Å²) in [6, 6.07) is 0.969. The SMILES string of the molecule is O=Cc1cc(=O)[nH]c(=O)n1[C@@H]1CC(O)[C@H](CO)O1. The smallest absolute Gasteiger partial charge is 0.331 e. The van der Waals surface area contributed by atoms with E-state index in [9.17, 15) is 19.5 Å². The molecular weight excluding hydrogens is 244 g/mol. The summed E-state index contributed by atoms with van der Waals surface area (Å²) in [4.78, 5) is 35.5. The molecule has 0 aliphatic carbocycles. The Balaban J connectivity index is 2.44. The second-order valence-electron chi connectivity index (χ2n) is 3.97. The molecule has 2 heterocycles. The maximum absolute atomic E-state index is 11.6. The molecule has 0 bridgehead atoms. The number of aldehydes is 1. The molecule has 18 heavy (non-hydrogen) atoms. The standard InChI is InChI=1S/C10H12N2O6/c13-3-5-1-8(16)11-10(17)12(5)9-2-6(15)7(4-14)18-9/h1,3,6-7,9,14-15H,2,4H2,(H,11,16,17)/t6?,7-,9-/m0/s1. The summed E-state index contributed by atoms with van der Waals surface area (Å²) in [5, 5.41) is 18.5. The minimum atomic E-state index is -0.932. The number of hydrogen-bond donors (Lipinski definition) is 3. The number of H-pyrrole nitrogens is 1. The Morgan fingerprint density at radius 1 is 1.56 bits per heavy atom. The number of aliphatic hydroxyl groups is 2. The van der Waals surface area contributed by atoms with Gasteiger partial charge in [0.2, 0.25) is 0 Å². The van der Waals surface area contributed by atoms with Crippen molar-refractivity contribution in [3.63, 3.8) is 0 Å². The van der Waals surface area contributed by atoms with E-state index in [1.165, 1.54) is 0 Å². The van der Waals surface area contributed by atoms with Gasteiger partial charge in [0, 0.05) is 12.5 Å². The van der Waals surface area contributed by atoms with Gasteiger partial charge in [-0.1, -0.05) is 0 Å². The molecule has 0 aromatic carbocycles. The number of hydrogen-bond acceptors (Lipinski definition) is 6. The van der Waals surface area contributed by atoms with Crippen molar-refractivity contribution in [2.45, 2.75) is 24.9 Å². The van der Waals surface area contributed by atoms with Crippen LogP contribution in [0.4, 0.5) is 0 Å². The van der Waals surface area contributed by atoms with E-state index in [1.54, 1.807) is 0 Å². The molecule has 1 aliphatic heterocycles. The van der Waals surface area contributed by atoms with Crippen molar-refractivity contribution < 1.29 is 19.7 Å². The minimum absolute atomic E-state index is 0.0536. The molecule has 3 N–H and O–H groups in total. The lowest BCUT2D eigenvalue weighted by Gasteiger charge is -2.15. The number of carbonyl (C=O) groups is 1. The summed E-state index contributed by atoms with van der Waals surface area (Å²) in [6.07, 6.45) is -2.22. The van der Waals surface area contributed by atoms with Crippen molar-refractivity contribution in [1.82, 2.24) is 9.55 Å². The predicted molar refractivity (Wildman–Crippen MR) is 58.3 cm³/mol. The average molecular weight is 256 g/mol. The highest BCUT2D eigenvalue weighted by molar-refractivity contribution is 5.71. The third-order valence-corrected chi connectivity index (χ3v) is 2.80. The molecule has 2 rings (SSSR count). The van der Waals surface area contributed by atoms with Crippen LogP contribution in [0, 0.1) is 0 Å². The normalized spacial score (nSPS) is 27.3. The van der Waals surface area contributed by atoms with Gasteiger partial charge in [-0.05, 0) is 0 Å². The number of ether oxygens (including phenoxy) is 1. The summed E-state index contributed by atoms with van der Waals surface area (Å²) >= 11 is 0. The lowest BCUT2D eigenvalue weighted by Crippen LogP contribution is -2.35. The van der Waals surface area contributed by atoms with Crippen molar-refractivity contribution in [3.8, 4) is 0 Å². The number of aromatic amines is 1. The van der Waals surface area contributed by atoms with Crippen LogP contribution in [0.25, 0.3) is 0 Å². The molecule has 0 spiro atoms. The van der Waals surface area contributed by atoms with Gasteiger partial charge in [0.1, 0.15) is 12.3 Å². The average Bonchev–Trinajstić information content (AvgIpc) is 2.68. The fourth-order valence-electron chi connectivity index (χ4n) is 1.95. The fraction of sp³-hybridized carbons (Fsp3) is 0.500. The molecule has 1 aliphatic rings. The summed E-state index contributed by atoms with van der Waals surface area (Å²) < 4.78 is 6.21. The fourth-order valence-corrected chi connectivity index (χ4v) is 1.95. The van der Waals surface area contributed by atoms with Crippen LogP contribution in [0.3, 0.4) is 0 Å². The topological polar surface area (TPSA) is 122 Å². The maximum Gasteiger partial charge on any atom is 0.331 e. The molecule has 1 fully saturated rings. The van der Waals surface area contributed by atoms with Crippen LogP contribution in [-0.4, -0.2) is 44.9 Å². The number of carbonyl (C=O) groups excluding carboxylic acids is 1. The van der Waals surface area contributed by atoms with E-state index in [4.69, 9.17) is 9.84 Å². The molecule has 0 amide bonds. The molecule has 8 heteroatoms. The highest BCUT2D eigenvalue weighted by atomic mass is 16.5. The van der Waals surface area contributed by atoms with Gasteiger partial charge in [0.25, 0.3) is 5.56 Å². The Kier molecular flexibility index (Phi) is 3.41. The molecule has 1 unspecified atom stereocenters. The van der Waals surface area contributed by atoms with E-state index in [0.29, 0.717) is 6.29 Å². The molecule has 1 aromatic heterocycles. The number of nitrogens with zero attached hydrogens (tertiary/aromatic N) is 1. The lowest BCUT2D eigenvalue weighted by molar-refractivity contribution is -0.0463. The van der Waals surface area contributed by atoms with Crippen molar-refractivity contribution in [2.24, 2.45) is 0 Å². The van der Waals surface area contributed by atoms with E-state index in [1.807, 2.05) is 4.98 Å². The highest BCUT2D eigenvalue weighted by Gasteiger charge is 2.35. The summed E-state index contributed by atoms with van der Waals surface area (Å²) in [6.45, 7) is -0.397. The lowest BCUT2D eigenvalue weighted by atomic mass is 10.2. The maximum atomic E-state index is 11.6. The van der Waals surface area contributed by atoms with Gasteiger partial charge in [-0.15, -0.1) is 0 Å². The van der Waals surface area contributed by atoms with E-state index in [-0.39, 0.29) is 12.1 Å². The first-order valence-corrected chi connectivity index (χ1v) is 5.32. The second kappa shape index (κ2) is 4.84. The third-order valence-electron chi connectivity index (χ3n) is 2.80. The van der Waals surface area contributed by atoms with Crippen LogP contribution in [0.15, 0.2) is 15.7 Å². The second-order valence-corrected chi connectivity index (χ2v) is 3.97. The van der Waals surface area contributed by atoms with Crippen molar-refractivity contribution >= 4 is 6.29 Å². The zero-order valence-corrected chi connectivity index (χ0v) is 9.28. The Morgan fingerprint density at radius 2 is 2.28 bits per heavy atom. The van der Waals surface area contributed by atoms with E-state index in [0.717, 1.165) is 10.6 Å². The van der Waals surface area contributed by atoms with Gasteiger partial charge in [-0.2, -0.15) is 0 Å². The zero-order chi connectivity index (χ0) is 13.3. The van der Waals surface area contributed by atoms with Crippen molar-refractivity contribution in [1.29, 1.82) is 0 Å². The minimum Gasteiger partial charge on any atom is -0.394 e. The van der Waals surface area contributed by atoms with E-state index in [2.05, 4.69) is 0 Å². The third kappa shape index (κ3) is 2.13. The van der Waals surface area contributed by atoms with E-state index < -0.39 is 36.3 Å². The highest BCUT2D eigenvalue weighted by Crippen LogP contribution is 2.27. The van der Waals surface area contributed by atoms with Crippen molar-refractivity contribution in [2.75, 3.05) is 6.61 Å². The first-order chi connectivity index (χ1) is 8.56. The molecule has 3 atom stereocenters. The van der Waals surface area contributed by atoms with E-state index >= 15 is 0 Å². The van der Waals surface area contributed by atoms with Gasteiger partial charge in [-0.3, -0.25) is 19.1 Å². The van der Waals surface area contributed by atoms with Gasteiger partial charge in [0.05, 0.1) is 18.4 Å². The van der Waals surface area contributed by atoms with Crippen LogP contribution in [0.2, 0.25) is 0 Å². The van der Waals surface area contributed by atoms with Crippen LogP contribution >= 0.6 is 0 Å². The summed E-state index contributed by atoms with van der Waals surface area (Å²) in [7, 11) is 0. The van der Waals surface area contributed by atoms with Gasteiger partial charge in [-0.25, -0.2) is 4.79 Å². The molecule has 1 aromatic rings. The molecular formula is C10H12N2O6. The molecule has 0 saturated carbocycles. The number of aromatic nitrogens is 2. The first kappa shape index (κ1) is 12.7. The van der Waals surface area contributed by atoms with Crippen LogP contribution < -0.4 is 11.2 Å². The van der Waals surface area contributed by atoms with Crippen molar-refractivity contribution in [3.05, 3.63) is 32.6 Å². The number of nitrogens with one attached hydrogen (secondary N) is 1. The molecule has 8 nitrogen and oxygen atoms in total. The Bertz CT molecular complexity index is 562. The molecule has 98 valence electrons. The Labute approximate surface area is 100 Å². The first-order valence-electron chi connectivity index (χ1n) is 5.32.